The molecule has 0 aliphatic rings. The maximum atomic E-state index is 14.7. The summed E-state index contributed by atoms with van der Waals surface area (Å²) in [5, 5.41) is 0. The molecule has 1 heterocycles. The summed E-state index contributed by atoms with van der Waals surface area (Å²) >= 11 is 4.25. The fraction of sp³-hybridized carbons (Fsp3) is 0.370. The average molecular weight is 486 g/mol. The van der Waals surface area contributed by atoms with Gasteiger partial charge in [0.15, 0.2) is 0 Å². The molecule has 0 aliphatic heterocycles. The van der Waals surface area contributed by atoms with E-state index >= 15 is 0 Å². The number of rotatable bonds is 9. The summed E-state index contributed by atoms with van der Waals surface area (Å²) in [6, 6.07) is 14.9. The van der Waals surface area contributed by atoms with Gasteiger partial charge >= 0.3 is 0 Å². The van der Waals surface area contributed by atoms with Gasteiger partial charge in [0.25, 0.3) is 0 Å². The first-order chi connectivity index (χ1) is 16.2. The average Bonchev–Trinajstić information content (AvgIpc) is 3.19. The molecule has 2 aromatic carbocycles. The standard InChI is InChI=1S/C27H33F2N3OS/c1-27(2,3)26(32(13-7-12-30)25(33)18-34)24-14-20(22-15-21(28)10-11-23(22)29)17-31(24)16-19-8-5-4-6-9-19/h4-6,8-11,14-15,17,26,34H,7,12-13,16,18,30H2,1-3H3/t26-/m1/s1. The fourth-order valence-electron chi connectivity index (χ4n) is 4.36. The maximum Gasteiger partial charge on any atom is 0.232 e. The van der Waals surface area contributed by atoms with Gasteiger partial charge in [0.2, 0.25) is 5.91 Å². The molecular formula is C27H33F2N3OS. The van der Waals surface area contributed by atoms with Crippen LogP contribution >= 0.6 is 12.6 Å². The minimum Gasteiger partial charge on any atom is -0.344 e. The second kappa shape index (κ2) is 11.2. The van der Waals surface area contributed by atoms with E-state index in [9.17, 15) is 13.6 Å². The van der Waals surface area contributed by atoms with Crippen LogP contribution in [0.5, 0.6) is 0 Å². The Morgan fingerprint density at radius 2 is 1.82 bits per heavy atom. The lowest BCUT2D eigenvalue weighted by Crippen LogP contribution is -2.43. The Morgan fingerprint density at radius 3 is 2.44 bits per heavy atom. The monoisotopic (exact) mass is 485 g/mol. The van der Waals surface area contributed by atoms with Crippen molar-refractivity contribution in [2.24, 2.45) is 11.1 Å². The van der Waals surface area contributed by atoms with Crippen molar-refractivity contribution in [2.45, 2.75) is 39.8 Å². The van der Waals surface area contributed by atoms with E-state index in [0.29, 0.717) is 31.6 Å². The normalized spacial score (nSPS) is 12.6. The lowest BCUT2D eigenvalue weighted by molar-refractivity contribution is -0.133. The highest BCUT2D eigenvalue weighted by molar-refractivity contribution is 7.81. The van der Waals surface area contributed by atoms with Crippen LogP contribution in [0.3, 0.4) is 0 Å². The molecular weight excluding hydrogens is 452 g/mol. The van der Waals surface area contributed by atoms with Crippen LogP contribution < -0.4 is 5.73 Å². The fourth-order valence-corrected chi connectivity index (χ4v) is 4.54. The van der Waals surface area contributed by atoms with Crippen LogP contribution in [0.4, 0.5) is 8.78 Å². The SMILES string of the molecule is CC(C)(C)[C@@H](c1cc(-c2cc(F)ccc2F)cn1Cc1ccccc1)N(CCCN)C(=O)CS. The van der Waals surface area contributed by atoms with Crippen LogP contribution in [0, 0.1) is 17.0 Å². The zero-order chi connectivity index (χ0) is 24.9. The van der Waals surface area contributed by atoms with Crippen LogP contribution in [0.1, 0.15) is 44.5 Å². The molecule has 7 heteroatoms. The third-order valence-electron chi connectivity index (χ3n) is 5.84. The zero-order valence-corrected chi connectivity index (χ0v) is 20.9. The highest BCUT2D eigenvalue weighted by Crippen LogP contribution is 2.41. The number of carbonyl (C=O) groups excluding carboxylic acids is 1. The molecule has 0 saturated carbocycles. The van der Waals surface area contributed by atoms with E-state index in [1.807, 2.05) is 52.1 Å². The summed E-state index contributed by atoms with van der Waals surface area (Å²) in [6.07, 6.45) is 2.49. The summed E-state index contributed by atoms with van der Waals surface area (Å²) in [5.41, 5.74) is 8.09. The molecule has 0 spiro atoms. The van der Waals surface area contributed by atoms with Gasteiger partial charge in [-0.2, -0.15) is 12.6 Å². The molecule has 2 N–H and O–H groups in total. The third-order valence-corrected chi connectivity index (χ3v) is 6.11. The number of nitrogens with zero attached hydrogens (tertiary/aromatic N) is 2. The van der Waals surface area contributed by atoms with Crippen LogP contribution in [0.25, 0.3) is 11.1 Å². The molecule has 0 unspecified atom stereocenters. The molecule has 0 bridgehead atoms. The Bertz CT molecular complexity index is 1110. The zero-order valence-electron chi connectivity index (χ0n) is 20.0. The maximum absolute atomic E-state index is 14.7. The number of hydrogen-bond donors (Lipinski definition) is 2. The van der Waals surface area contributed by atoms with Crippen molar-refractivity contribution in [2.75, 3.05) is 18.8 Å². The van der Waals surface area contributed by atoms with Gasteiger partial charge in [0, 0.05) is 36.1 Å². The van der Waals surface area contributed by atoms with E-state index in [4.69, 9.17) is 5.73 Å². The van der Waals surface area contributed by atoms with Gasteiger partial charge in [-0.3, -0.25) is 4.79 Å². The van der Waals surface area contributed by atoms with Crippen molar-refractivity contribution in [1.29, 1.82) is 0 Å². The van der Waals surface area contributed by atoms with Crippen molar-refractivity contribution in [1.82, 2.24) is 9.47 Å². The molecule has 3 aromatic rings. The molecule has 182 valence electrons. The Kier molecular flexibility index (Phi) is 8.55. The number of hydrogen-bond acceptors (Lipinski definition) is 3. The van der Waals surface area contributed by atoms with E-state index in [2.05, 4.69) is 33.4 Å². The molecule has 1 atom stereocenters. The molecule has 0 saturated heterocycles. The van der Waals surface area contributed by atoms with E-state index in [1.54, 1.807) is 0 Å². The lowest BCUT2D eigenvalue weighted by atomic mass is 9.83. The quantitative estimate of drug-likeness (QED) is 0.384. The Morgan fingerprint density at radius 1 is 1.12 bits per heavy atom. The van der Waals surface area contributed by atoms with Gasteiger partial charge in [-0.1, -0.05) is 51.1 Å². The van der Waals surface area contributed by atoms with Gasteiger partial charge in [0.1, 0.15) is 11.6 Å². The molecule has 34 heavy (non-hydrogen) atoms. The van der Waals surface area contributed by atoms with E-state index in [0.717, 1.165) is 23.4 Å². The van der Waals surface area contributed by atoms with Gasteiger partial charge < -0.3 is 15.2 Å². The first kappa shape index (κ1) is 26.0. The predicted octanol–water partition coefficient (Wildman–Crippen LogP) is 5.68. The highest BCUT2D eigenvalue weighted by Gasteiger charge is 2.36. The number of thiol groups is 1. The van der Waals surface area contributed by atoms with Crippen molar-refractivity contribution in [3.05, 3.63) is 83.7 Å². The number of amides is 1. The van der Waals surface area contributed by atoms with Gasteiger partial charge in [-0.25, -0.2) is 8.78 Å². The predicted molar refractivity (Wildman–Crippen MR) is 137 cm³/mol. The summed E-state index contributed by atoms with van der Waals surface area (Å²) in [7, 11) is 0. The second-order valence-corrected chi connectivity index (χ2v) is 9.86. The number of carbonyl (C=O) groups is 1. The Labute approximate surface area is 206 Å². The Balaban J connectivity index is 2.20. The summed E-state index contributed by atoms with van der Waals surface area (Å²) < 4.78 is 30.7. The topological polar surface area (TPSA) is 51.3 Å². The third kappa shape index (κ3) is 6.07. The second-order valence-electron chi connectivity index (χ2n) is 9.55. The number of halogens is 2. The van der Waals surface area contributed by atoms with Gasteiger partial charge in [0.05, 0.1) is 11.8 Å². The summed E-state index contributed by atoms with van der Waals surface area (Å²) in [5.74, 6) is -1.02. The Hall–Kier alpha value is -2.64. The molecule has 0 radical (unpaired) electrons. The van der Waals surface area contributed by atoms with Gasteiger partial charge in [-0.15, -0.1) is 0 Å². The largest absolute Gasteiger partial charge is 0.344 e. The van der Waals surface area contributed by atoms with Crippen LogP contribution in [-0.4, -0.2) is 34.2 Å². The van der Waals surface area contributed by atoms with Crippen LogP contribution in [0.2, 0.25) is 0 Å². The molecule has 1 aromatic heterocycles. The van der Waals surface area contributed by atoms with Crippen LogP contribution in [0.15, 0.2) is 60.8 Å². The lowest BCUT2D eigenvalue weighted by Gasteiger charge is -2.41. The van der Waals surface area contributed by atoms with E-state index < -0.39 is 11.6 Å². The smallest absolute Gasteiger partial charge is 0.232 e. The van der Waals surface area contributed by atoms with Crippen molar-refractivity contribution < 1.29 is 13.6 Å². The number of nitrogens with two attached hydrogens (primary N) is 1. The molecule has 3 rings (SSSR count). The molecule has 4 nitrogen and oxygen atoms in total. The van der Waals surface area contributed by atoms with E-state index in [1.165, 1.54) is 6.07 Å². The van der Waals surface area contributed by atoms with E-state index in [-0.39, 0.29) is 28.7 Å². The first-order valence-electron chi connectivity index (χ1n) is 11.5. The summed E-state index contributed by atoms with van der Waals surface area (Å²) in [6.45, 7) is 7.68. The first-order valence-corrected chi connectivity index (χ1v) is 12.1. The van der Waals surface area contributed by atoms with Crippen molar-refractivity contribution in [3.8, 4) is 11.1 Å². The number of benzene rings is 2. The number of aromatic nitrogens is 1. The van der Waals surface area contributed by atoms with Crippen molar-refractivity contribution in [3.63, 3.8) is 0 Å². The van der Waals surface area contributed by atoms with Gasteiger partial charge in [-0.05, 0) is 48.2 Å². The minimum atomic E-state index is -0.504. The highest BCUT2D eigenvalue weighted by atomic mass is 32.1. The van der Waals surface area contributed by atoms with Crippen molar-refractivity contribution >= 4 is 18.5 Å². The summed E-state index contributed by atoms with van der Waals surface area (Å²) in [4.78, 5) is 14.8. The van der Waals surface area contributed by atoms with Crippen LogP contribution in [-0.2, 0) is 11.3 Å². The molecule has 1 amide bonds. The molecule has 0 aliphatic carbocycles. The molecule has 0 fully saturated rings. The minimum absolute atomic E-state index is 0.0714.